The molecule has 1 aromatic rings. The van der Waals surface area contributed by atoms with E-state index in [1.165, 1.54) is 6.07 Å². The Balaban J connectivity index is 0.000001000. The van der Waals surface area contributed by atoms with Crippen molar-refractivity contribution in [2.24, 2.45) is 5.18 Å². The molecule has 0 aliphatic heterocycles. The van der Waals surface area contributed by atoms with Crippen molar-refractivity contribution < 1.29 is 5.21 Å². The van der Waals surface area contributed by atoms with Gasteiger partial charge in [-0.1, -0.05) is 12.1 Å². The minimum Gasteiger partial charge on any atom is -0.291 e. The first-order valence-corrected chi connectivity index (χ1v) is 2.71. The Morgan fingerprint density at radius 1 is 1.36 bits per heavy atom. The highest BCUT2D eigenvalue weighted by atomic mass is 27.0. The Labute approximate surface area is 74.3 Å². The lowest BCUT2D eigenvalue weighted by atomic mass is 10.3. The summed E-state index contributed by atoms with van der Waals surface area (Å²) in [4.78, 5) is 9.99. The fourth-order valence-corrected chi connectivity index (χ4v) is 0.648. The molecule has 4 nitrogen and oxygen atoms in total. The van der Waals surface area contributed by atoms with Crippen molar-refractivity contribution in [1.29, 1.82) is 0 Å². The molecule has 0 heterocycles. The standard InChI is InChI=1S/C6H6N2O2.Al/c9-7-5-3-1-2-4-6(5)8-10;/h1-4,7,9H;. The van der Waals surface area contributed by atoms with Crippen molar-refractivity contribution in [3.05, 3.63) is 29.2 Å². The van der Waals surface area contributed by atoms with Crippen LogP contribution >= 0.6 is 0 Å². The number of hydrogen-bond acceptors (Lipinski definition) is 4. The molecule has 0 aromatic heterocycles. The van der Waals surface area contributed by atoms with E-state index in [1.807, 2.05) is 5.48 Å². The zero-order chi connectivity index (χ0) is 7.40. The van der Waals surface area contributed by atoms with E-state index in [2.05, 4.69) is 5.18 Å². The van der Waals surface area contributed by atoms with Crippen LogP contribution in [-0.2, 0) is 0 Å². The van der Waals surface area contributed by atoms with Gasteiger partial charge < -0.3 is 0 Å². The number of rotatable bonds is 2. The zero-order valence-corrected chi connectivity index (χ0v) is 6.84. The third-order valence-corrected chi connectivity index (χ3v) is 1.12. The molecule has 0 aliphatic carbocycles. The van der Waals surface area contributed by atoms with Gasteiger partial charge in [0.25, 0.3) is 0 Å². The van der Waals surface area contributed by atoms with Gasteiger partial charge in [-0.2, -0.15) is 0 Å². The minimum absolute atomic E-state index is 0. The normalized spacial score (nSPS) is 8.09. The van der Waals surface area contributed by atoms with Crippen LogP contribution < -0.4 is 5.48 Å². The molecule has 0 spiro atoms. The van der Waals surface area contributed by atoms with Crippen LogP contribution in [0.3, 0.4) is 0 Å². The lowest BCUT2D eigenvalue weighted by molar-refractivity contribution is 0.389. The molecule has 1 aromatic carbocycles. The van der Waals surface area contributed by atoms with Crippen LogP contribution in [0.5, 0.6) is 0 Å². The Bertz CT molecular complexity index is 242. The van der Waals surface area contributed by atoms with Crippen molar-refractivity contribution >= 4 is 28.7 Å². The van der Waals surface area contributed by atoms with E-state index in [-0.39, 0.29) is 23.0 Å². The average molecular weight is 165 g/mol. The van der Waals surface area contributed by atoms with E-state index in [0.29, 0.717) is 5.69 Å². The van der Waals surface area contributed by atoms with Gasteiger partial charge in [0.05, 0.1) is 5.69 Å². The van der Waals surface area contributed by atoms with Gasteiger partial charge in [-0.15, -0.1) is 4.91 Å². The molecule has 55 valence electrons. The largest absolute Gasteiger partial charge is 0.291 e. The smallest absolute Gasteiger partial charge is 0.133 e. The third kappa shape index (κ3) is 2.31. The van der Waals surface area contributed by atoms with Crippen molar-refractivity contribution in [1.82, 2.24) is 0 Å². The third-order valence-electron chi connectivity index (χ3n) is 1.12. The van der Waals surface area contributed by atoms with E-state index < -0.39 is 0 Å². The molecule has 3 radical (unpaired) electrons. The number of nitroso groups, excluding NO2 is 1. The molecule has 0 saturated carbocycles. The highest BCUT2D eigenvalue weighted by Gasteiger charge is 1.96. The molecule has 0 bridgehead atoms. The first-order chi connectivity index (χ1) is 4.88. The number of benzene rings is 1. The molecule has 0 fully saturated rings. The van der Waals surface area contributed by atoms with E-state index in [9.17, 15) is 4.91 Å². The maximum atomic E-state index is 9.99. The molecular weight excluding hydrogens is 159 g/mol. The molecule has 2 N–H and O–H groups in total. The van der Waals surface area contributed by atoms with Crippen molar-refractivity contribution in [2.75, 3.05) is 5.48 Å². The topological polar surface area (TPSA) is 61.7 Å². The molecule has 0 unspecified atom stereocenters. The predicted octanol–water partition coefficient (Wildman–Crippen LogP) is 1.50. The monoisotopic (exact) mass is 165 g/mol. The molecule has 0 amide bonds. The Morgan fingerprint density at radius 3 is 2.45 bits per heavy atom. The van der Waals surface area contributed by atoms with Gasteiger partial charge >= 0.3 is 0 Å². The van der Waals surface area contributed by atoms with Crippen LogP contribution in [0.1, 0.15) is 0 Å². The molecule has 11 heavy (non-hydrogen) atoms. The summed E-state index contributed by atoms with van der Waals surface area (Å²) in [6.07, 6.45) is 0. The van der Waals surface area contributed by atoms with Crippen LogP contribution in [-0.4, -0.2) is 22.6 Å². The molecular formula is C6H6AlN2O2. The van der Waals surface area contributed by atoms with Crippen LogP contribution in [0.25, 0.3) is 0 Å². The quantitative estimate of drug-likeness (QED) is 0.396. The summed E-state index contributed by atoms with van der Waals surface area (Å²) >= 11 is 0. The number of para-hydroxylation sites is 1. The maximum Gasteiger partial charge on any atom is 0.133 e. The zero-order valence-electron chi connectivity index (χ0n) is 5.69. The maximum absolute atomic E-state index is 9.99. The van der Waals surface area contributed by atoms with Crippen molar-refractivity contribution in [3.8, 4) is 0 Å². The summed E-state index contributed by atoms with van der Waals surface area (Å²) < 4.78 is 0. The highest BCUT2D eigenvalue weighted by Crippen LogP contribution is 2.22. The van der Waals surface area contributed by atoms with Gasteiger partial charge in [0.2, 0.25) is 0 Å². The summed E-state index contributed by atoms with van der Waals surface area (Å²) in [6.45, 7) is 0. The lowest BCUT2D eigenvalue weighted by Crippen LogP contribution is -1.87. The number of nitrogens with zero attached hydrogens (tertiary/aromatic N) is 1. The Morgan fingerprint density at radius 2 is 2.00 bits per heavy atom. The molecule has 0 atom stereocenters. The summed E-state index contributed by atoms with van der Waals surface area (Å²) in [6, 6.07) is 6.41. The van der Waals surface area contributed by atoms with Gasteiger partial charge in [-0.3, -0.25) is 10.7 Å². The summed E-state index contributed by atoms with van der Waals surface area (Å²) in [7, 11) is 0. The Hall–Kier alpha value is -0.888. The average Bonchev–Trinajstić information content (AvgIpc) is 2.04. The van der Waals surface area contributed by atoms with Crippen molar-refractivity contribution in [2.45, 2.75) is 0 Å². The van der Waals surface area contributed by atoms with Crippen LogP contribution in [0.2, 0.25) is 0 Å². The summed E-state index contributed by atoms with van der Waals surface area (Å²) in [5.74, 6) is 0. The Kier molecular flexibility index (Phi) is 4.46. The molecule has 1 rings (SSSR count). The fourth-order valence-electron chi connectivity index (χ4n) is 0.648. The first kappa shape index (κ1) is 10.1. The lowest BCUT2D eigenvalue weighted by Gasteiger charge is -1.97. The molecule has 0 aliphatic rings. The number of nitrogens with one attached hydrogen (secondary N) is 1. The van der Waals surface area contributed by atoms with E-state index in [1.54, 1.807) is 18.2 Å². The first-order valence-electron chi connectivity index (χ1n) is 2.71. The summed E-state index contributed by atoms with van der Waals surface area (Å²) in [5.41, 5.74) is 2.37. The van der Waals surface area contributed by atoms with Crippen molar-refractivity contribution in [3.63, 3.8) is 0 Å². The van der Waals surface area contributed by atoms with Crippen LogP contribution in [0.15, 0.2) is 29.4 Å². The highest BCUT2D eigenvalue weighted by molar-refractivity contribution is 5.75. The number of anilines is 1. The minimum atomic E-state index is 0. The summed E-state index contributed by atoms with van der Waals surface area (Å²) in [5, 5.41) is 11.1. The van der Waals surface area contributed by atoms with E-state index >= 15 is 0 Å². The SMILES string of the molecule is O=Nc1ccccc1NO.[Al]. The predicted molar refractivity (Wildman–Crippen MR) is 43.1 cm³/mol. The molecule has 0 saturated heterocycles. The second kappa shape index (κ2) is 4.86. The van der Waals surface area contributed by atoms with Crippen LogP contribution in [0, 0.1) is 4.91 Å². The van der Waals surface area contributed by atoms with Gasteiger partial charge in [0, 0.05) is 17.4 Å². The van der Waals surface area contributed by atoms with Crippen LogP contribution in [0.4, 0.5) is 11.4 Å². The van der Waals surface area contributed by atoms with Gasteiger partial charge in [-0.05, 0) is 17.3 Å². The second-order valence-corrected chi connectivity index (χ2v) is 1.72. The van der Waals surface area contributed by atoms with Gasteiger partial charge in [0.15, 0.2) is 0 Å². The second-order valence-electron chi connectivity index (χ2n) is 1.72. The molecule has 5 heteroatoms. The van der Waals surface area contributed by atoms with E-state index in [4.69, 9.17) is 5.21 Å². The number of hydrogen-bond donors (Lipinski definition) is 2. The van der Waals surface area contributed by atoms with Gasteiger partial charge in [0.1, 0.15) is 5.69 Å². The van der Waals surface area contributed by atoms with E-state index in [0.717, 1.165) is 0 Å². The van der Waals surface area contributed by atoms with Gasteiger partial charge in [-0.25, -0.2) is 0 Å². The fraction of sp³-hybridized carbons (Fsp3) is 0.